The Bertz CT molecular complexity index is 2010. The number of anilines is 1. The number of hydrogen-bond acceptors (Lipinski definition) is 10. The second kappa shape index (κ2) is 13.2. The number of rotatable bonds is 7. The molecule has 0 spiro atoms. The van der Waals surface area contributed by atoms with Crippen molar-refractivity contribution in [1.82, 2.24) is 25.2 Å². The molecule has 3 unspecified atom stereocenters. The molecule has 5 heterocycles. The minimum atomic E-state index is -0.761. The average Bonchev–Trinajstić information content (AvgIpc) is 3.64. The lowest BCUT2D eigenvalue weighted by Crippen LogP contribution is -2.55. The van der Waals surface area contributed by atoms with Gasteiger partial charge >= 0.3 is 12.1 Å². The van der Waals surface area contributed by atoms with Crippen molar-refractivity contribution >= 4 is 33.6 Å². The number of cyclic esters (lactones) is 1. The standard InChI is InChI=1S/C37H38F2N6O5/c1-2-25-28(38)8-7-22-16-24(46)17-26(30(22)25)32-31(39)33-27(18-40-32)34(44-12-5-14-48-15-13-44)43-35(42-33)50-21-37-9-3-6-29(37)45(11-4-10-37)19-23-20-49-36(47)41-23/h1,7-8,16-18,23,29,46H,3-6,9-15,19-21H2,(H,41,47). The number of aromatic hydroxyl groups is 1. The zero-order chi connectivity index (χ0) is 34.4. The van der Waals surface area contributed by atoms with E-state index in [0.29, 0.717) is 62.7 Å². The molecule has 3 saturated heterocycles. The summed E-state index contributed by atoms with van der Waals surface area (Å²) in [7, 11) is 0. The Labute approximate surface area is 287 Å². The minimum absolute atomic E-state index is 0.00182. The van der Waals surface area contributed by atoms with Gasteiger partial charge < -0.3 is 29.5 Å². The van der Waals surface area contributed by atoms with Gasteiger partial charge in [-0.25, -0.2) is 13.6 Å². The number of alkyl carbamates (subject to hydrolysis) is 1. The molecular formula is C37H38F2N6O5. The number of pyridine rings is 1. The van der Waals surface area contributed by atoms with Crippen LogP contribution >= 0.6 is 0 Å². The van der Waals surface area contributed by atoms with Crippen LogP contribution in [0.3, 0.4) is 0 Å². The summed E-state index contributed by atoms with van der Waals surface area (Å²) in [6.45, 7) is 4.63. The molecule has 50 heavy (non-hydrogen) atoms. The first-order valence-electron chi connectivity index (χ1n) is 17.2. The fraction of sp³-hybridized carbons (Fsp3) is 0.459. The van der Waals surface area contributed by atoms with Gasteiger partial charge in [-0.2, -0.15) is 9.97 Å². The normalized spacial score (nSPS) is 24.1. The van der Waals surface area contributed by atoms with Crippen LogP contribution in [0.5, 0.6) is 11.8 Å². The Morgan fingerprint density at radius 2 is 2.00 bits per heavy atom. The second-order valence-electron chi connectivity index (χ2n) is 13.7. The summed E-state index contributed by atoms with van der Waals surface area (Å²) in [5.41, 5.74) is -0.176. The van der Waals surface area contributed by atoms with E-state index >= 15 is 4.39 Å². The maximum Gasteiger partial charge on any atom is 0.407 e. The van der Waals surface area contributed by atoms with E-state index in [1.165, 1.54) is 30.5 Å². The monoisotopic (exact) mass is 684 g/mol. The highest BCUT2D eigenvalue weighted by Crippen LogP contribution is 2.48. The van der Waals surface area contributed by atoms with Crippen molar-refractivity contribution in [1.29, 1.82) is 0 Å². The summed E-state index contributed by atoms with van der Waals surface area (Å²) in [6, 6.07) is 5.76. The van der Waals surface area contributed by atoms with Gasteiger partial charge in [0.25, 0.3) is 0 Å². The Morgan fingerprint density at radius 1 is 1.12 bits per heavy atom. The van der Waals surface area contributed by atoms with Crippen LogP contribution in [0.1, 0.15) is 44.1 Å². The van der Waals surface area contributed by atoms with Gasteiger partial charge in [-0.05, 0) is 62.2 Å². The molecule has 2 aromatic carbocycles. The van der Waals surface area contributed by atoms with Gasteiger partial charge in [0.15, 0.2) is 5.82 Å². The van der Waals surface area contributed by atoms with Crippen molar-refractivity contribution < 1.29 is 32.9 Å². The molecular weight excluding hydrogens is 646 g/mol. The number of amides is 1. The first-order chi connectivity index (χ1) is 24.3. The number of carbonyl (C=O) groups excluding carboxylic acids is 1. The predicted molar refractivity (Wildman–Crippen MR) is 182 cm³/mol. The first-order valence-corrected chi connectivity index (χ1v) is 17.2. The summed E-state index contributed by atoms with van der Waals surface area (Å²) < 4.78 is 49.1. The number of benzene rings is 2. The highest BCUT2D eigenvalue weighted by molar-refractivity contribution is 6.03. The smallest absolute Gasteiger partial charge is 0.407 e. The fourth-order valence-corrected chi connectivity index (χ4v) is 8.47. The van der Waals surface area contributed by atoms with Crippen LogP contribution in [0.15, 0.2) is 30.5 Å². The lowest BCUT2D eigenvalue weighted by Gasteiger charge is -2.46. The number of carbonyl (C=O) groups is 1. The molecule has 3 aliphatic heterocycles. The zero-order valence-corrected chi connectivity index (χ0v) is 27.6. The highest BCUT2D eigenvalue weighted by atomic mass is 19.1. The predicted octanol–water partition coefficient (Wildman–Crippen LogP) is 5.16. The molecule has 0 radical (unpaired) electrons. The number of nitrogens with one attached hydrogen (secondary N) is 1. The Morgan fingerprint density at radius 3 is 2.84 bits per heavy atom. The van der Waals surface area contributed by atoms with Gasteiger partial charge in [0, 0.05) is 54.8 Å². The van der Waals surface area contributed by atoms with E-state index < -0.39 is 11.6 Å². The van der Waals surface area contributed by atoms with Crippen LogP contribution in [0.2, 0.25) is 0 Å². The van der Waals surface area contributed by atoms with Crippen LogP contribution in [0.25, 0.3) is 32.9 Å². The van der Waals surface area contributed by atoms with Gasteiger partial charge in [-0.3, -0.25) is 9.88 Å². The maximum absolute atomic E-state index is 16.9. The fourth-order valence-electron chi connectivity index (χ4n) is 8.47. The van der Waals surface area contributed by atoms with Crippen molar-refractivity contribution in [2.45, 2.75) is 50.6 Å². The minimum Gasteiger partial charge on any atom is -0.508 e. The number of terminal acetylenes is 1. The zero-order valence-electron chi connectivity index (χ0n) is 27.6. The molecule has 1 amide bonds. The van der Waals surface area contributed by atoms with Crippen molar-refractivity contribution in [3.63, 3.8) is 0 Å². The van der Waals surface area contributed by atoms with Crippen molar-refractivity contribution in [2.24, 2.45) is 5.41 Å². The number of fused-ring (bicyclic) bond motifs is 3. The number of phenolic OH excluding ortho intramolecular Hbond substituents is 1. The summed E-state index contributed by atoms with van der Waals surface area (Å²) in [6.07, 6.45) is 12.6. The number of likely N-dealkylation sites (tertiary alicyclic amines) is 1. The number of ether oxygens (including phenoxy) is 3. The molecule has 2 aromatic heterocycles. The largest absolute Gasteiger partial charge is 0.508 e. The number of phenols is 1. The SMILES string of the molecule is C#Cc1c(F)ccc2cc(O)cc(-c3ncc4c(N5CCCOCC5)nc(OCC56CCCC5N(CC5COC(=O)N5)CCC6)nc4c3F)c12. The summed E-state index contributed by atoms with van der Waals surface area (Å²) in [5, 5.41) is 14.6. The van der Waals surface area contributed by atoms with E-state index in [1.807, 2.05) is 4.90 Å². The topological polar surface area (TPSA) is 122 Å². The van der Waals surface area contributed by atoms with Crippen LogP contribution in [-0.4, -0.2) is 95.7 Å². The lowest BCUT2D eigenvalue weighted by atomic mass is 9.75. The Kier molecular flexibility index (Phi) is 8.52. The van der Waals surface area contributed by atoms with Crippen LogP contribution in [0, 0.1) is 29.4 Å². The molecule has 1 aliphatic carbocycles. The molecule has 1 saturated carbocycles. The van der Waals surface area contributed by atoms with Crippen LogP contribution in [-0.2, 0) is 9.47 Å². The summed E-state index contributed by atoms with van der Waals surface area (Å²) >= 11 is 0. The molecule has 11 nitrogen and oxygen atoms in total. The number of hydrogen-bond donors (Lipinski definition) is 2. The quantitative estimate of drug-likeness (QED) is 0.253. The van der Waals surface area contributed by atoms with Gasteiger partial charge in [0.1, 0.15) is 35.2 Å². The van der Waals surface area contributed by atoms with Crippen molar-refractivity contribution in [3.8, 4) is 35.4 Å². The summed E-state index contributed by atoms with van der Waals surface area (Å²) in [4.78, 5) is 30.2. The number of aromatic nitrogens is 3. The first kappa shape index (κ1) is 32.4. The third-order valence-electron chi connectivity index (χ3n) is 10.7. The molecule has 4 aliphatic rings. The van der Waals surface area contributed by atoms with Gasteiger partial charge in [-0.15, -0.1) is 6.42 Å². The Hall–Kier alpha value is -4.80. The van der Waals surface area contributed by atoms with E-state index in [4.69, 9.17) is 25.6 Å². The van der Waals surface area contributed by atoms with E-state index in [0.717, 1.165) is 45.1 Å². The average molecular weight is 685 g/mol. The second-order valence-corrected chi connectivity index (χ2v) is 13.7. The Balaban J connectivity index is 1.19. The molecule has 2 N–H and O–H groups in total. The number of piperidine rings is 1. The molecule has 260 valence electrons. The molecule has 8 rings (SSSR count). The van der Waals surface area contributed by atoms with E-state index in [9.17, 15) is 14.3 Å². The third-order valence-corrected chi connectivity index (χ3v) is 10.7. The van der Waals surface area contributed by atoms with E-state index in [2.05, 4.69) is 26.1 Å². The molecule has 13 heteroatoms. The number of halogens is 2. The number of nitrogens with zero attached hydrogens (tertiary/aromatic N) is 5. The molecule has 3 atom stereocenters. The van der Waals surface area contributed by atoms with Gasteiger partial charge in [0.05, 0.1) is 30.2 Å². The van der Waals surface area contributed by atoms with Crippen molar-refractivity contribution in [3.05, 3.63) is 47.7 Å². The van der Waals surface area contributed by atoms with Gasteiger partial charge in [0.2, 0.25) is 0 Å². The molecule has 4 fully saturated rings. The van der Waals surface area contributed by atoms with Crippen LogP contribution < -0.4 is 15.0 Å². The highest BCUT2D eigenvalue weighted by Gasteiger charge is 2.49. The molecule has 0 bridgehead atoms. The van der Waals surface area contributed by atoms with E-state index in [-0.39, 0.29) is 63.1 Å². The van der Waals surface area contributed by atoms with Crippen molar-refractivity contribution in [2.75, 3.05) is 57.5 Å². The maximum atomic E-state index is 16.9. The lowest BCUT2D eigenvalue weighted by molar-refractivity contribution is -0.00404. The summed E-state index contributed by atoms with van der Waals surface area (Å²) in [5.74, 6) is 1.34. The van der Waals surface area contributed by atoms with Gasteiger partial charge in [-0.1, -0.05) is 18.4 Å². The third kappa shape index (κ3) is 5.80. The van der Waals surface area contributed by atoms with E-state index in [1.54, 1.807) is 0 Å². The molecule has 4 aromatic rings. The van der Waals surface area contributed by atoms with Crippen LogP contribution in [0.4, 0.5) is 19.4 Å².